The summed E-state index contributed by atoms with van der Waals surface area (Å²) in [6.07, 6.45) is 1.12. The molecule has 6 nitrogen and oxygen atoms in total. The van der Waals surface area contributed by atoms with Crippen LogP contribution in [0.5, 0.6) is 5.75 Å². The van der Waals surface area contributed by atoms with Gasteiger partial charge in [-0.15, -0.1) is 0 Å². The van der Waals surface area contributed by atoms with Crippen LogP contribution in [0.2, 0.25) is 0 Å². The van der Waals surface area contributed by atoms with E-state index in [-0.39, 0.29) is 11.3 Å². The van der Waals surface area contributed by atoms with Gasteiger partial charge in [-0.05, 0) is 43.2 Å². The molecule has 3 rings (SSSR count). The third kappa shape index (κ3) is 4.64. The summed E-state index contributed by atoms with van der Waals surface area (Å²) < 4.78 is 0. The Bertz CT molecular complexity index is 847. The number of amides is 1. The lowest BCUT2D eigenvalue weighted by Crippen LogP contribution is -2.19. The Morgan fingerprint density at radius 2 is 1.96 bits per heavy atom. The Morgan fingerprint density at radius 1 is 1.19 bits per heavy atom. The van der Waals surface area contributed by atoms with Gasteiger partial charge in [-0.3, -0.25) is 9.79 Å². The molecule has 2 aromatic carbocycles. The van der Waals surface area contributed by atoms with Gasteiger partial charge in [0.2, 0.25) is 0 Å². The van der Waals surface area contributed by atoms with Crippen molar-refractivity contribution in [3.63, 3.8) is 0 Å². The summed E-state index contributed by atoms with van der Waals surface area (Å²) in [5.41, 5.74) is 5.19. The van der Waals surface area contributed by atoms with E-state index in [1.807, 2.05) is 31.2 Å². The number of para-hydroxylation sites is 1. The SMILES string of the molecule is C/C(=N/NC(=O)c1ccccc1O)c1ccc(NC2=NCCCS2)cc1. The smallest absolute Gasteiger partial charge is 0.275 e. The molecule has 0 bridgehead atoms. The molecule has 1 aliphatic heterocycles. The average Bonchev–Trinajstić information content (AvgIpc) is 2.67. The number of hydrogen-bond donors (Lipinski definition) is 3. The highest BCUT2D eigenvalue weighted by molar-refractivity contribution is 8.14. The maximum atomic E-state index is 12.1. The number of carbonyl (C=O) groups is 1. The fourth-order valence-corrected chi connectivity index (χ4v) is 3.22. The van der Waals surface area contributed by atoms with E-state index in [0.717, 1.165) is 35.1 Å². The lowest BCUT2D eigenvalue weighted by atomic mass is 10.1. The van der Waals surface area contributed by atoms with Crippen LogP contribution >= 0.6 is 11.8 Å². The van der Waals surface area contributed by atoms with Crippen LogP contribution in [-0.4, -0.2) is 34.2 Å². The number of phenolic OH excluding ortho intramolecular Hbond substituents is 1. The number of aliphatic imine (C=N–C) groups is 1. The van der Waals surface area contributed by atoms with Gasteiger partial charge in [0.15, 0.2) is 5.17 Å². The summed E-state index contributed by atoms with van der Waals surface area (Å²) in [4.78, 5) is 16.5. The minimum absolute atomic E-state index is 0.0724. The molecule has 1 heterocycles. The number of anilines is 1. The molecule has 1 amide bonds. The summed E-state index contributed by atoms with van der Waals surface area (Å²) in [5.74, 6) is 0.566. The maximum absolute atomic E-state index is 12.1. The summed E-state index contributed by atoms with van der Waals surface area (Å²) >= 11 is 1.73. The van der Waals surface area contributed by atoms with E-state index in [1.165, 1.54) is 6.07 Å². The van der Waals surface area contributed by atoms with E-state index in [4.69, 9.17) is 0 Å². The maximum Gasteiger partial charge on any atom is 0.275 e. The normalized spacial score (nSPS) is 14.5. The highest BCUT2D eigenvalue weighted by Crippen LogP contribution is 2.17. The number of amidine groups is 1. The first-order valence-corrected chi connectivity index (χ1v) is 9.29. The monoisotopic (exact) mass is 368 g/mol. The zero-order valence-corrected chi connectivity index (χ0v) is 15.2. The average molecular weight is 368 g/mol. The predicted molar refractivity (Wildman–Crippen MR) is 107 cm³/mol. The fraction of sp³-hybridized carbons (Fsp3) is 0.211. The molecular formula is C19H20N4O2S. The first-order valence-electron chi connectivity index (χ1n) is 8.31. The standard InChI is InChI=1S/C19H20N4O2S/c1-13(22-23-18(25)16-5-2-3-6-17(16)24)14-7-9-15(10-8-14)21-19-20-11-4-12-26-19/h2-3,5-10,24H,4,11-12H2,1H3,(H,20,21)(H,23,25)/b22-13-. The number of hydrogen-bond acceptors (Lipinski definition) is 6. The van der Waals surface area contributed by atoms with Gasteiger partial charge in [-0.1, -0.05) is 36.0 Å². The number of benzene rings is 2. The van der Waals surface area contributed by atoms with Crippen molar-refractivity contribution >= 4 is 34.2 Å². The zero-order chi connectivity index (χ0) is 18.4. The molecule has 0 saturated carbocycles. The van der Waals surface area contributed by atoms with Gasteiger partial charge >= 0.3 is 0 Å². The predicted octanol–water partition coefficient (Wildman–Crippen LogP) is 3.45. The van der Waals surface area contributed by atoms with Crippen molar-refractivity contribution in [2.24, 2.45) is 10.1 Å². The molecule has 0 aromatic heterocycles. The fourth-order valence-electron chi connectivity index (χ4n) is 2.38. The summed E-state index contributed by atoms with van der Waals surface area (Å²) in [7, 11) is 0. The van der Waals surface area contributed by atoms with E-state index in [9.17, 15) is 9.90 Å². The quantitative estimate of drug-likeness (QED) is 0.570. The van der Waals surface area contributed by atoms with Gasteiger partial charge in [-0.2, -0.15) is 5.10 Å². The molecular weight excluding hydrogens is 348 g/mol. The number of phenols is 1. The number of nitrogens with zero attached hydrogens (tertiary/aromatic N) is 2. The lowest BCUT2D eigenvalue weighted by molar-refractivity contribution is 0.0952. The van der Waals surface area contributed by atoms with Gasteiger partial charge in [0.25, 0.3) is 5.91 Å². The van der Waals surface area contributed by atoms with Crippen molar-refractivity contribution in [3.8, 4) is 5.75 Å². The van der Waals surface area contributed by atoms with Gasteiger partial charge < -0.3 is 10.4 Å². The van der Waals surface area contributed by atoms with Crippen LogP contribution in [0.15, 0.2) is 58.6 Å². The van der Waals surface area contributed by atoms with Crippen LogP contribution in [0.1, 0.15) is 29.3 Å². The van der Waals surface area contributed by atoms with Crippen LogP contribution in [-0.2, 0) is 0 Å². The van der Waals surface area contributed by atoms with Crippen LogP contribution in [0.25, 0.3) is 0 Å². The Kier molecular flexibility index (Phi) is 5.91. The van der Waals surface area contributed by atoms with Crippen molar-refractivity contribution in [3.05, 3.63) is 59.7 Å². The molecule has 7 heteroatoms. The molecule has 0 fully saturated rings. The third-order valence-corrected chi connectivity index (χ3v) is 4.82. The van der Waals surface area contributed by atoms with E-state index >= 15 is 0 Å². The number of aromatic hydroxyl groups is 1. The van der Waals surface area contributed by atoms with Crippen LogP contribution in [0.4, 0.5) is 5.69 Å². The Balaban J connectivity index is 1.63. The first kappa shape index (κ1) is 18.0. The zero-order valence-electron chi connectivity index (χ0n) is 14.4. The molecule has 3 N–H and O–H groups in total. The van der Waals surface area contributed by atoms with E-state index in [1.54, 1.807) is 30.0 Å². The molecule has 0 saturated heterocycles. The molecule has 0 spiro atoms. The number of nitrogens with one attached hydrogen (secondary N) is 2. The van der Waals surface area contributed by atoms with E-state index < -0.39 is 5.91 Å². The molecule has 26 heavy (non-hydrogen) atoms. The van der Waals surface area contributed by atoms with E-state index in [0.29, 0.717) is 5.71 Å². The summed E-state index contributed by atoms with van der Waals surface area (Å²) in [5, 5.41) is 18.1. The minimum atomic E-state index is -0.451. The van der Waals surface area contributed by atoms with Crippen molar-refractivity contribution in [2.75, 3.05) is 17.6 Å². The van der Waals surface area contributed by atoms with Gasteiger partial charge in [0.05, 0.1) is 11.3 Å². The Morgan fingerprint density at radius 3 is 2.65 bits per heavy atom. The van der Waals surface area contributed by atoms with Gasteiger partial charge in [0.1, 0.15) is 5.75 Å². The van der Waals surface area contributed by atoms with Crippen molar-refractivity contribution in [1.82, 2.24) is 5.43 Å². The van der Waals surface area contributed by atoms with E-state index in [2.05, 4.69) is 20.8 Å². The molecule has 134 valence electrons. The second-order valence-electron chi connectivity index (χ2n) is 5.75. The second kappa shape index (κ2) is 8.53. The molecule has 0 unspecified atom stereocenters. The van der Waals surface area contributed by atoms with Crippen molar-refractivity contribution < 1.29 is 9.90 Å². The van der Waals surface area contributed by atoms with Crippen molar-refractivity contribution in [2.45, 2.75) is 13.3 Å². The molecule has 1 aliphatic rings. The van der Waals surface area contributed by atoms with Gasteiger partial charge in [-0.25, -0.2) is 5.43 Å². The Hall–Kier alpha value is -2.80. The summed E-state index contributed by atoms with van der Waals surface area (Å²) in [6, 6.07) is 14.1. The molecule has 0 aliphatic carbocycles. The largest absolute Gasteiger partial charge is 0.507 e. The highest BCUT2D eigenvalue weighted by Gasteiger charge is 2.10. The summed E-state index contributed by atoms with van der Waals surface area (Å²) in [6.45, 7) is 2.69. The number of rotatable bonds is 4. The van der Waals surface area contributed by atoms with Gasteiger partial charge in [0, 0.05) is 18.0 Å². The lowest BCUT2D eigenvalue weighted by Gasteiger charge is -2.13. The molecule has 2 aromatic rings. The molecule has 0 radical (unpaired) electrons. The molecule has 0 atom stereocenters. The van der Waals surface area contributed by atoms with Crippen molar-refractivity contribution in [1.29, 1.82) is 0 Å². The second-order valence-corrected chi connectivity index (χ2v) is 6.83. The van der Waals surface area contributed by atoms with Crippen LogP contribution in [0, 0.1) is 0 Å². The number of hydrazone groups is 1. The number of thioether (sulfide) groups is 1. The highest BCUT2D eigenvalue weighted by atomic mass is 32.2. The first-order chi connectivity index (χ1) is 12.6. The van der Waals surface area contributed by atoms with Crippen LogP contribution < -0.4 is 10.7 Å². The minimum Gasteiger partial charge on any atom is -0.507 e. The van der Waals surface area contributed by atoms with Crippen LogP contribution in [0.3, 0.4) is 0 Å². The Labute approximate surface area is 156 Å². The third-order valence-electron chi connectivity index (χ3n) is 3.82. The number of carbonyl (C=O) groups excluding carboxylic acids is 1. The topological polar surface area (TPSA) is 86.1 Å².